The van der Waals surface area contributed by atoms with Crippen LogP contribution in [0.25, 0.3) is 0 Å². The lowest BCUT2D eigenvalue weighted by atomic mass is 10.1. The third-order valence-corrected chi connectivity index (χ3v) is 5.52. The molecule has 0 radical (unpaired) electrons. The Morgan fingerprint density at radius 2 is 2.00 bits per heavy atom. The lowest BCUT2D eigenvalue weighted by Crippen LogP contribution is -2.34. The van der Waals surface area contributed by atoms with Crippen LogP contribution in [0.15, 0.2) is 0 Å². The van der Waals surface area contributed by atoms with Gasteiger partial charge < -0.3 is 10.2 Å². The van der Waals surface area contributed by atoms with E-state index in [0.29, 0.717) is 18.5 Å². The van der Waals surface area contributed by atoms with E-state index in [4.69, 9.17) is 0 Å². The Hall–Kier alpha value is -0.170. The molecule has 1 heterocycles. The van der Waals surface area contributed by atoms with Gasteiger partial charge in [0, 0.05) is 19.1 Å². The van der Waals surface area contributed by atoms with E-state index in [1.807, 2.05) is 0 Å². The highest BCUT2D eigenvalue weighted by atomic mass is 32.2. The van der Waals surface area contributed by atoms with Crippen LogP contribution in [-0.2, 0) is 10.0 Å². The van der Waals surface area contributed by atoms with Gasteiger partial charge in [0.1, 0.15) is 0 Å². The predicted octanol–water partition coefficient (Wildman–Crippen LogP) is 1.42. The van der Waals surface area contributed by atoms with Gasteiger partial charge in [-0.1, -0.05) is 6.92 Å². The summed E-state index contributed by atoms with van der Waals surface area (Å²) in [5.41, 5.74) is 0. The van der Waals surface area contributed by atoms with Crippen molar-refractivity contribution < 1.29 is 8.42 Å². The van der Waals surface area contributed by atoms with E-state index in [-0.39, 0.29) is 5.75 Å². The number of sulfonamides is 1. The Bertz CT molecular complexity index is 371. The van der Waals surface area contributed by atoms with Crippen molar-refractivity contribution in [2.24, 2.45) is 5.92 Å². The van der Waals surface area contributed by atoms with Crippen LogP contribution in [0.1, 0.15) is 46.5 Å². The summed E-state index contributed by atoms with van der Waals surface area (Å²) in [6.07, 6.45) is 3.87. The van der Waals surface area contributed by atoms with Crippen LogP contribution < -0.4 is 10.0 Å². The molecule has 1 aliphatic heterocycles. The van der Waals surface area contributed by atoms with Crippen LogP contribution >= 0.6 is 0 Å². The molecular formula is C15H33N3O2S. The topological polar surface area (TPSA) is 61.4 Å². The van der Waals surface area contributed by atoms with Crippen molar-refractivity contribution in [2.45, 2.75) is 52.5 Å². The molecular weight excluding hydrogens is 286 g/mol. The molecule has 0 amide bonds. The van der Waals surface area contributed by atoms with Gasteiger partial charge in [-0.15, -0.1) is 0 Å². The van der Waals surface area contributed by atoms with Gasteiger partial charge in [-0.3, -0.25) is 0 Å². The summed E-state index contributed by atoms with van der Waals surface area (Å²) in [6.45, 7) is 11.1. The van der Waals surface area contributed by atoms with E-state index < -0.39 is 10.0 Å². The zero-order chi connectivity index (χ0) is 15.7. The molecule has 1 rings (SSSR count). The van der Waals surface area contributed by atoms with E-state index in [9.17, 15) is 8.42 Å². The largest absolute Gasteiger partial charge is 0.317 e. The number of likely N-dealkylation sites (tertiary alicyclic amines) is 1. The minimum absolute atomic E-state index is 0.251. The Balaban J connectivity index is 2.13. The van der Waals surface area contributed by atoms with Crippen LogP contribution in [0, 0.1) is 5.92 Å². The molecule has 0 aromatic carbocycles. The van der Waals surface area contributed by atoms with Gasteiger partial charge in [-0.05, 0) is 65.1 Å². The molecule has 21 heavy (non-hydrogen) atoms. The second-order valence-electron chi connectivity index (χ2n) is 6.37. The fraction of sp³-hybridized carbons (Fsp3) is 1.00. The third-order valence-electron chi connectivity index (χ3n) is 4.08. The average molecular weight is 320 g/mol. The number of unbranched alkanes of at least 4 members (excludes halogenated alkanes) is 1. The summed E-state index contributed by atoms with van der Waals surface area (Å²) in [4.78, 5) is 2.42. The second kappa shape index (κ2) is 9.77. The lowest BCUT2D eigenvalue weighted by molar-refractivity contribution is 0.265. The highest BCUT2D eigenvalue weighted by molar-refractivity contribution is 7.89. The molecule has 1 unspecified atom stereocenters. The van der Waals surface area contributed by atoms with Crippen molar-refractivity contribution in [3.05, 3.63) is 0 Å². The van der Waals surface area contributed by atoms with Crippen LogP contribution in [-0.4, -0.2) is 57.8 Å². The maximum absolute atomic E-state index is 11.9. The van der Waals surface area contributed by atoms with Crippen molar-refractivity contribution >= 4 is 10.0 Å². The van der Waals surface area contributed by atoms with Gasteiger partial charge in [-0.25, -0.2) is 13.1 Å². The molecule has 0 aromatic heterocycles. The first kappa shape index (κ1) is 18.9. The molecule has 0 bridgehead atoms. The Labute approximate surface area is 130 Å². The van der Waals surface area contributed by atoms with E-state index >= 15 is 0 Å². The Kier molecular flexibility index (Phi) is 8.78. The van der Waals surface area contributed by atoms with Crippen LogP contribution in [0.3, 0.4) is 0 Å². The average Bonchev–Trinajstić information content (AvgIpc) is 2.90. The summed E-state index contributed by atoms with van der Waals surface area (Å²) in [7, 11) is -3.10. The number of rotatable bonds is 11. The first-order valence-corrected chi connectivity index (χ1v) is 10.0. The van der Waals surface area contributed by atoms with Crippen molar-refractivity contribution in [3.8, 4) is 0 Å². The maximum Gasteiger partial charge on any atom is 0.211 e. The highest BCUT2D eigenvalue weighted by Gasteiger charge is 2.25. The SMILES string of the molecule is CCCNCCCCS(=O)(=O)NCC1CCN(C(C)C)C1. The number of nitrogens with zero attached hydrogens (tertiary/aromatic N) is 1. The van der Waals surface area contributed by atoms with Gasteiger partial charge in [0.2, 0.25) is 10.0 Å². The zero-order valence-corrected chi connectivity index (χ0v) is 14.7. The normalized spacial score (nSPS) is 20.5. The molecule has 1 atom stereocenters. The van der Waals surface area contributed by atoms with Crippen molar-refractivity contribution in [2.75, 3.05) is 38.5 Å². The van der Waals surface area contributed by atoms with E-state index in [0.717, 1.165) is 51.9 Å². The predicted molar refractivity (Wildman–Crippen MR) is 89.0 cm³/mol. The van der Waals surface area contributed by atoms with E-state index in [2.05, 4.69) is 35.7 Å². The summed E-state index contributed by atoms with van der Waals surface area (Å²) < 4.78 is 26.7. The number of nitrogens with one attached hydrogen (secondary N) is 2. The molecule has 1 fully saturated rings. The van der Waals surface area contributed by atoms with Crippen LogP contribution in [0.5, 0.6) is 0 Å². The van der Waals surface area contributed by atoms with Crippen molar-refractivity contribution in [1.29, 1.82) is 0 Å². The van der Waals surface area contributed by atoms with Gasteiger partial charge in [0.15, 0.2) is 0 Å². The summed E-state index contributed by atoms with van der Waals surface area (Å²) >= 11 is 0. The molecule has 0 aliphatic carbocycles. The maximum atomic E-state index is 11.9. The van der Waals surface area contributed by atoms with Crippen LogP contribution in [0.2, 0.25) is 0 Å². The van der Waals surface area contributed by atoms with Crippen LogP contribution in [0.4, 0.5) is 0 Å². The molecule has 5 nitrogen and oxygen atoms in total. The zero-order valence-electron chi connectivity index (χ0n) is 13.9. The quantitative estimate of drug-likeness (QED) is 0.565. The standard InChI is InChI=1S/C15H33N3O2S/c1-4-8-16-9-5-6-11-21(19,20)17-12-15-7-10-18(13-15)14(2)3/h14-17H,4-13H2,1-3H3. The Morgan fingerprint density at radius 3 is 2.62 bits per heavy atom. The minimum atomic E-state index is -3.10. The molecule has 0 spiro atoms. The Morgan fingerprint density at radius 1 is 1.24 bits per heavy atom. The van der Waals surface area contributed by atoms with E-state index in [1.54, 1.807) is 0 Å². The first-order valence-electron chi connectivity index (χ1n) is 8.36. The van der Waals surface area contributed by atoms with Crippen molar-refractivity contribution in [3.63, 3.8) is 0 Å². The molecule has 6 heteroatoms. The first-order chi connectivity index (χ1) is 9.94. The lowest BCUT2D eigenvalue weighted by Gasteiger charge is -2.20. The van der Waals surface area contributed by atoms with Gasteiger partial charge in [-0.2, -0.15) is 0 Å². The summed E-state index contributed by atoms with van der Waals surface area (Å²) in [5, 5.41) is 3.29. The van der Waals surface area contributed by atoms with Crippen molar-refractivity contribution in [1.82, 2.24) is 14.9 Å². The van der Waals surface area contributed by atoms with Gasteiger partial charge in [0.05, 0.1) is 5.75 Å². The number of hydrogen-bond donors (Lipinski definition) is 2. The number of hydrogen-bond acceptors (Lipinski definition) is 4. The summed E-state index contributed by atoms with van der Waals surface area (Å²) in [6, 6.07) is 0.558. The smallest absolute Gasteiger partial charge is 0.211 e. The minimum Gasteiger partial charge on any atom is -0.317 e. The van der Waals surface area contributed by atoms with Gasteiger partial charge >= 0.3 is 0 Å². The fourth-order valence-corrected chi connectivity index (χ4v) is 3.88. The molecule has 2 N–H and O–H groups in total. The molecule has 0 aromatic rings. The second-order valence-corrected chi connectivity index (χ2v) is 8.29. The third kappa shape index (κ3) is 8.14. The molecule has 1 saturated heterocycles. The van der Waals surface area contributed by atoms with E-state index in [1.165, 1.54) is 0 Å². The van der Waals surface area contributed by atoms with Gasteiger partial charge in [0.25, 0.3) is 0 Å². The summed E-state index contributed by atoms with van der Waals surface area (Å²) in [5.74, 6) is 0.718. The highest BCUT2D eigenvalue weighted by Crippen LogP contribution is 2.17. The molecule has 1 aliphatic rings. The molecule has 0 saturated carbocycles. The molecule has 126 valence electrons. The monoisotopic (exact) mass is 319 g/mol. The fourth-order valence-electron chi connectivity index (χ4n) is 2.66.